The fourth-order valence-electron chi connectivity index (χ4n) is 2.13. The lowest BCUT2D eigenvalue weighted by Gasteiger charge is -2.15. The number of halogens is 2. The van der Waals surface area contributed by atoms with Crippen molar-refractivity contribution in [3.8, 4) is 5.75 Å². The summed E-state index contributed by atoms with van der Waals surface area (Å²) in [6, 6.07) is 11.8. The third kappa shape index (κ3) is 3.54. The van der Waals surface area contributed by atoms with Crippen LogP contribution in [0.5, 0.6) is 5.75 Å². The van der Waals surface area contributed by atoms with Crippen molar-refractivity contribution in [3.05, 3.63) is 62.6 Å². The minimum absolute atomic E-state index is 0.122. The highest BCUT2D eigenvalue weighted by Crippen LogP contribution is 2.29. The number of hydrogen-bond donors (Lipinski definition) is 1. The van der Waals surface area contributed by atoms with Crippen molar-refractivity contribution in [1.82, 2.24) is 0 Å². The molecule has 0 bridgehead atoms. The first kappa shape index (κ1) is 15.4. The summed E-state index contributed by atoms with van der Waals surface area (Å²) in [6.45, 7) is 2.02. The Hall–Kier alpha value is -1.03. The number of benzene rings is 2. The molecule has 20 heavy (non-hydrogen) atoms. The lowest BCUT2D eigenvalue weighted by atomic mass is 9.99. The van der Waals surface area contributed by atoms with E-state index in [2.05, 4.69) is 15.9 Å². The molecule has 2 aromatic rings. The molecule has 0 saturated heterocycles. The van der Waals surface area contributed by atoms with E-state index in [9.17, 15) is 0 Å². The lowest BCUT2D eigenvalue weighted by Crippen LogP contribution is -2.14. The van der Waals surface area contributed by atoms with Crippen LogP contribution in [-0.4, -0.2) is 7.11 Å². The zero-order valence-corrected chi connectivity index (χ0v) is 13.8. The summed E-state index contributed by atoms with van der Waals surface area (Å²) in [5, 5.41) is 0.727. The molecule has 0 aliphatic heterocycles. The van der Waals surface area contributed by atoms with Gasteiger partial charge in [-0.3, -0.25) is 0 Å². The van der Waals surface area contributed by atoms with E-state index in [-0.39, 0.29) is 6.04 Å². The fraction of sp³-hybridized carbons (Fsp3) is 0.250. The molecule has 0 amide bonds. The molecule has 106 valence electrons. The van der Waals surface area contributed by atoms with Gasteiger partial charge < -0.3 is 10.5 Å². The predicted molar refractivity (Wildman–Crippen MR) is 87.5 cm³/mol. The average Bonchev–Trinajstić information content (AvgIpc) is 2.38. The molecule has 0 saturated carbocycles. The Kier molecular flexibility index (Phi) is 5.08. The molecule has 1 atom stereocenters. The number of ether oxygens (including phenoxy) is 1. The zero-order valence-electron chi connectivity index (χ0n) is 11.5. The van der Waals surface area contributed by atoms with Crippen LogP contribution in [0.15, 0.2) is 40.9 Å². The normalized spacial score (nSPS) is 12.2. The Morgan fingerprint density at radius 1 is 1.25 bits per heavy atom. The van der Waals surface area contributed by atoms with Crippen molar-refractivity contribution in [3.63, 3.8) is 0 Å². The average molecular weight is 355 g/mol. The standard InChI is InChI=1S/C16H17BrClNO/c1-10-3-5-12(14(18)7-10)15(19)9-11-4-6-16(20-2)13(17)8-11/h3-8,15H,9,19H2,1-2H3. The first-order valence-electron chi connectivity index (χ1n) is 6.35. The van der Waals surface area contributed by atoms with Crippen LogP contribution in [0.25, 0.3) is 0 Å². The van der Waals surface area contributed by atoms with Crippen LogP contribution in [0.4, 0.5) is 0 Å². The molecule has 0 spiro atoms. The Balaban J connectivity index is 2.18. The van der Waals surface area contributed by atoms with E-state index in [0.29, 0.717) is 0 Å². The smallest absolute Gasteiger partial charge is 0.133 e. The molecule has 0 heterocycles. The molecule has 0 fully saturated rings. The molecule has 2 nitrogen and oxygen atoms in total. The van der Waals surface area contributed by atoms with Crippen molar-refractivity contribution >= 4 is 27.5 Å². The molecule has 2 rings (SSSR count). The first-order valence-corrected chi connectivity index (χ1v) is 7.52. The molecule has 2 aromatic carbocycles. The second-order valence-corrected chi connectivity index (χ2v) is 6.07. The maximum Gasteiger partial charge on any atom is 0.133 e. The predicted octanol–water partition coefficient (Wildman–Crippen LogP) is 4.66. The summed E-state index contributed by atoms with van der Waals surface area (Å²) in [4.78, 5) is 0. The Bertz CT molecular complexity index is 615. The molecular weight excluding hydrogens is 338 g/mol. The SMILES string of the molecule is COc1ccc(CC(N)c2ccc(C)cc2Cl)cc1Br. The van der Waals surface area contributed by atoms with Crippen molar-refractivity contribution in [2.45, 2.75) is 19.4 Å². The Labute approximate surface area is 133 Å². The molecule has 0 radical (unpaired) electrons. The van der Waals surface area contributed by atoms with Gasteiger partial charge in [0, 0.05) is 11.1 Å². The lowest BCUT2D eigenvalue weighted by molar-refractivity contribution is 0.412. The van der Waals surface area contributed by atoms with E-state index in [1.165, 1.54) is 0 Å². The van der Waals surface area contributed by atoms with Crippen LogP contribution in [0.3, 0.4) is 0 Å². The Morgan fingerprint density at radius 2 is 2.00 bits per heavy atom. The minimum atomic E-state index is -0.122. The van der Waals surface area contributed by atoms with Gasteiger partial charge in [-0.15, -0.1) is 0 Å². The highest BCUT2D eigenvalue weighted by molar-refractivity contribution is 9.10. The van der Waals surface area contributed by atoms with Gasteiger partial charge in [-0.25, -0.2) is 0 Å². The van der Waals surface area contributed by atoms with Gasteiger partial charge in [-0.05, 0) is 64.2 Å². The Morgan fingerprint density at radius 3 is 2.60 bits per heavy atom. The largest absolute Gasteiger partial charge is 0.496 e. The van der Waals surface area contributed by atoms with Crippen LogP contribution in [0.2, 0.25) is 5.02 Å². The highest BCUT2D eigenvalue weighted by Gasteiger charge is 2.12. The second kappa shape index (κ2) is 6.61. The van der Waals surface area contributed by atoms with Crippen LogP contribution in [-0.2, 0) is 6.42 Å². The molecule has 1 unspecified atom stereocenters. The molecule has 2 N–H and O–H groups in total. The van der Waals surface area contributed by atoms with Gasteiger partial charge in [-0.1, -0.05) is 29.8 Å². The topological polar surface area (TPSA) is 35.2 Å². The fourth-order valence-corrected chi connectivity index (χ4v) is 3.10. The van der Waals surface area contributed by atoms with Crippen molar-refractivity contribution in [1.29, 1.82) is 0 Å². The summed E-state index contributed by atoms with van der Waals surface area (Å²) in [5.74, 6) is 0.815. The van der Waals surface area contributed by atoms with Gasteiger partial charge in [0.1, 0.15) is 5.75 Å². The minimum Gasteiger partial charge on any atom is -0.496 e. The van der Waals surface area contributed by atoms with E-state index in [0.717, 1.165) is 38.4 Å². The van der Waals surface area contributed by atoms with E-state index >= 15 is 0 Å². The molecular formula is C16H17BrClNO. The number of hydrogen-bond acceptors (Lipinski definition) is 2. The van der Waals surface area contributed by atoms with Gasteiger partial charge in [0.15, 0.2) is 0 Å². The molecule has 4 heteroatoms. The molecule has 0 aliphatic carbocycles. The third-order valence-corrected chi connectivity index (χ3v) is 4.17. The maximum absolute atomic E-state index is 6.27. The molecule has 0 aromatic heterocycles. The van der Waals surface area contributed by atoms with E-state index in [4.69, 9.17) is 22.1 Å². The maximum atomic E-state index is 6.27. The van der Waals surface area contributed by atoms with E-state index in [1.54, 1.807) is 7.11 Å². The van der Waals surface area contributed by atoms with Gasteiger partial charge in [0.2, 0.25) is 0 Å². The summed E-state index contributed by atoms with van der Waals surface area (Å²) in [5.41, 5.74) is 9.52. The van der Waals surface area contributed by atoms with Crippen molar-refractivity contribution in [2.24, 2.45) is 5.73 Å². The van der Waals surface area contributed by atoms with Crippen molar-refractivity contribution < 1.29 is 4.74 Å². The van der Waals surface area contributed by atoms with Crippen LogP contribution in [0, 0.1) is 6.92 Å². The molecule has 0 aliphatic rings. The van der Waals surface area contributed by atoms with Crippen molar-refractivity contribution in [2.75, 3.05) is 7.11 Å². The van der Waals surface area contributed by atoms with Gasteiger partial charge in [-0.2, -0.15) is 0 Å². The highest BCUT2D eigenvalue weighted by atomic mass is 79.9. The van der Waals surface area contributed by atoms with Crippen LogP contribution < -0.4 is 10.5 Å². The quantitative estimate of drug-likeness (QED) is 0.866. The summed E-state index contributed by atoms with van der Waals surface area (Å²) >= 11 is 9.75. The van der Waals surface area contributed by atoms with Crippen LogP contribution in [0.1, 0.15) is 22.7 Å². The number of rotatable bonds is 4. The zero-order chi connectivity index (χ0) is 14.7. The number of methoxy groups -OCH3 is 1. The summed E-state index contributed by atoms with van der Waals surface area (Å²) in [6.07, 6.45) is 0.728. The van der Waals surface area contributed by atoms with Gasteiger partial charge >= 0.3 is 0 Å². The van der Waals surface area contributed by atoms with E-state index < -0.39 is 0 Å². The third-order valence-electron chi connectivity index (χ3n) is 3.23. The summed E-state index contributed by atoms with van der Waals surface area (Å²) < 4.78 is 6.15. The van der Waals surface area contributed by atoms with E-state index in [1.807, 2.05) is 43.3 Å². The van der Waals surface area contributed by atoms with Gasteiger partial charge in [0.05, 0.1) is 11.6 Å². The van der Waals surface area contributed by atoms with Gasteiger partial charge in [0.25, 0.3) is 0 Å². The number of nitrogens with two attached hydrogens (primary N) is 1. The summed E-state index contributed by atoms with van der Waals surface area (Å²) in [7, 11) is 1.65. The number of aryl methyl sites for hydroxylation is 1. The van der Waals surface area contributed by atoms with Crippen LogP contribution >= 0.6 is 27.5 Å². The second-order valence-electron chi connectivity index (χ2n) is 4.80. The first-order chi connectivity index (χ1) is 9.51. The monoisotopic (exact) mass is 353 g/mol.